The van der Waals surface area contributed by atoms with Gasteiger partial charge in [-0.3, -0.25) is 28.8 Å². The third-order valence-corrected chi connectivity index (χ3v) is 4.76. The summed E-state index contributed by atoms with van der Waals surface area (Å²) in [6.45, 7) is 0. The summed E-state index contributed by atoms with van der Waals surface area (Å²) in [7, 11) is 0. The van der Waals surface area contributed by atoms with Crippen molar-refractivity contribution < 1.29 is 109 Å². The molecule has 0 heterocycles. The summed E-state index contributed by atoms with van der Waals surface area (Å²) in [5, 5.41) is 50.8. The average molecular weight is 650 g/mol. The molecular weight excluding hydrogens is 632 g/mol. The summed E-state index contributed by atoms with van der Waals surface area (Å²) in [5.74, 6) is -13.4. The third-order valence-electron chi connectivity index (χ3n) is 4.76. The van der Waals surface area contributed by atoms with Gasteiger partial charge in [0.15, 0.2) is 17.3 Å². The van der Waals surface area contributed by atoms with Crippen LogP contribution >= 0.6 is 0 Å². The van der Waals surface area contributed by atoms with Crippen molar-refractivity contribution in [2.75, 3.05) is 0 Å². The number of allylic oxidation sites excluding steroid dienone is 3. The number of carbonyl (C=O) groups is 9. The van der Waals surface area contributed by atoms with Gasteiger partial charge in [-0.2, -0.15) is 0 Å². The van der Waals surface area contributed by atoms with Gasteiger partial charge in [-0.05, 0) is 18.2 Å². The van der Waals surface area contributed by atoms with E-state index in [1.54, 1.807) is 0 Å². The van der Waals surface area contributed by atoms with Crippen molar-refractivity contribution in [2.24, 2.45) is 17.8 Å². The Morgan fingerprint density at radius 1 is 0.439 bits per heavy atom. The Balaban J connectivity index is 0. The molecule has 0 saturated heterocycles. The topological polar surface area (TPSA) is 275 Å². The minimum absolute atomic E-state index is 0. The molecule has 0 radical (unpaired) electrons. The van der Waals surface area contributed by atoms with E-state index in [9.17, 15) is 43.2 Å². The first-order valence-electron chi connectivity index (χ1n) is 10.3. The number of ketones is 3. The molecule has 6 N–H and O–H groups in total. The molecule has 0 fully saturated rings. The van der Waals surface area contributed by atoms with Crippen LogP contribution in [0.3, 0.4) is 0 Å². The smallest absolute Gasteiger partial charge is 0.335 e. The van der Waals surface area contributed by atoms with Crippen LogP contribution in [0.1, 0.15) is 0 Å². The van der Waals surface area contributed by atoms with Gasteiger partial charge in [0.25, 0.3) is 0 Å². The number of hydrogen-bond donors (Lipinski definition) is 6. The van der Waals surface area contributed by atoms with Crippen LogP contribution < -0.4 is 0 Å². The van der Waals surface area contributed by atoms with Crippen LogP contribution in [0.5, 0.6) is 0 Å². The van der Waals surface area contributed by atoms with Crippen LogP contribution in [0.15, 0.2) is 71.4 Å². The van der Waals surface area contributed by atoms with Gasteiger partial charge in [-0.25, -0.2) is 14.4 Å². The van der Waals surface area contributed by atoms with Crippen LogP contribution in [0.4, 0.5) is 0 Å². The van der Waals surface area contributed by atoms with Gasteiger partial charge >= 0.3 is 35.8 Å². The molecule has 0 aromatic rings. The SMILES string of the molecule is O=C(O)C1=CC(=O)C(C(=O)O)C=C1.O=C(O)C1=CC(=O)C(C(=O)O)C=C1.O=C(O)C1=CC(=O)C(C(=O)O)C=C1.[Cr].[Cr]. The van der Waals surface area contributed by atoms with Gasteiger partial charge in [0.1, 0.15) is 17.8 Å². The van der Waals surface area contributed by atoms with Crippen molar-refractivity contribution in [1.82, 2.24) is 0 Å². The fourth-order valence-corrected chi connectivity index (χ4v) is 2.77. The Bertz CT molecular complexity index is 1180. The number of carbonyl (C=O) groups excluding carboxylic acids is 3. The van der Waals surface area contributed by atoms with E-state index in [1.165, 1.54) is 0 Å². The van der Waals surface area contributed by atoms with Crippen molar-refractivity contribution in [3.63, 3.8) is 0 Å². The van der Waals surface area contributed by atoms with Gasteiger partial charge in [-0.15, -0.1) is 0 Å². The normalized spacial score (nSPS) is 20.0. The largest absolute Gasteiger partial charge is 0.480 e. The molecule has 17 heteroatoms. The van der Waals surface area contributed by atoms with E-state index >= 15 is 0 Å². The maximum Gasteiger partial charge on any atom is 0.335 e. The molecule has 0 aliphatic heterocycles. The second-order valence-electron chi connectivity index (χ2n) is 7.45. The van der Waals surface area contributed by atoms with E-state index in [0.29, 0.717) is 0 Å². The fraction of sp³-hybridized carbons (Fsp3) is 0.125. The summed E-state index contributed by atoms with van der Waals surface area (Å²) >= 11 is 0. The number of rotatable bonds is 6. The van der Waals surface area contributed by atoms with Crippen LogP contribution in [0.25, 0.3) is 0 Å². The Labute approximate surface area is 250 Å². The van der Waals surface area contributed by atoms with Gasteiger partial charge in [-0.1, -0.05) is 36.5 Å². The minimum Gasteiger partial charge on any atom is -0.480 e. The van der Waals surface area contributed by atoms with Gasteiger partial charge < -0.3 is 30.6 Å². The predicted octanol–water partition coefficient (Wildman–Crippen LogP) is -0.494. The molecule has 3 aliphatic rings. The Kier molecular flexibility index (Phi) is 16.1. The van der Waals surface area contributed by atoms with E-state index in [1.807, 2.05) is 0 Å². The summed E-state index contributed by atoms with van der Waals surface area (Å²) in [6.07, 6.45) is 8.99. The minimum atomic E-state index is -1.28. The first-order valence-corrected chi connectivity index (χ1v) is 10.3. The molecule has 41 heavy (non-hydrogen) atoms. The molecule has 3 unspecified atom stereocenters. The van der Waals surface area contributed by atoms with Gasteiger partial charge in [0.2, 0.25) is 0 Å². The summed E-state index contributed by atoms with van der Waals surface area (Å²) in [6, 6.07) is 0. The molecule has 0 aromatic heterocycles. The molecule has 15 nitrogen and oxygen atoms in total. The van der Waals surface area contributed by atoms with Crippen molar-refractivity contribution in [2.45, 2.75) is 0 Å². The fourth-order valence-electron chi connectivity index (χ4n) is 2.77. The molecule has 0 amide bonds. The molecule has 0 bridgehead atoms. The molecule has 0 saturated carbocycles. The maximum absolute atomic E-state index is 11.0. The van der Waals surface area contributed by atoms with E-state index in [-0.39, 0.29) is 51.4 Å². The Morgan fingerprint density at radius 3 is 0.756 bits per heavy atom. The first-order chi connectivity index (χ1) is 18.1. The first kappa shape index (κ1) is 38.5. The van der Waals surface area contributed by atoms with Crippen molar-refractivity contribution in [3.8, 4) is 0 Å². The average Bonchev–Trinajstić information content (AvgIpc) is 2.83. The van der Waals surface area contributed by atoms with Crippen LogP contribution in [0.2, 0.25) is 0 Å². The number of carboxylic acid groups (broad SMARTS) is 6. The van der Waals surface area contributed by atoms with Crippen LogP contribution in [-0.2, 0) is 77.9 Å². The molecule has 0 spiro atoms. The van der Waals surface area contributed by atoms with E-state index < -0.39 is 70.9 Å². The number of carboxylic acids is 6. The number of hydrogen-bond acceptors (Lipinski definition) is 9. The Morgan fingerprint density at radius 2 is 0.634 bits per heavy atom. The third kappa shape index (κ3) is 11.5. The second kappa shape index (κ2) is 17.1. The van der Waals surface area contributed by atoms with Crippen LogP contribution in [-0.4, -0.2) is 83.8 Å². The van der Waals surface area contributed by atoms with Crippen molar-refractivity contribution >= 4 is 53.2 Å². The summed E-state index contributed by atoms with van der Waals surface area (Å²) in [4.78, 5) is 95.2. The molecule has 0 aromatic carbocycles. The zero-order valence-electron chi connectivity index (χ0n) is 20.1. The molecule has 3 rings (SSSR count). The zero-order chi connectivity index (χ0) is 30.0. The van der Waals surface area contributed by atoms with E-state index in [0.717, 1.165) is 54.7 Å². The monoisotopic (exact) mass is 650 g/mol. The molecule has 216 valence electrons. The summed E-state index contributed by atoms with van der Waals surface area (Å²) < 4.78 is 0. The summed E-state index contributed by atoms with van der Waals surface area (Å²) in [5.41, 5.74) is -0.576. The zero-order valence-corrected chi connectivity index (χ0v) is 22.7. The maximum atomic E-state index is 11.0. The van der Waals surface area contributed by atoms with Crippen molar-refractivity contribution in [1.29, 1.82) is 0 Å². The van der Waals surface area contributed by atoms with E-state index in [2.05, 4.69) is 0 Å². The van der Waals surface area contributed by atoms with Gasteiger partial charge in [0, 0.05) is 34.7 Å². The Hall–Kier alpha value is -4.67. The van der Waals surface area contributed by atoms with Crippen LogP contribution in [0, 0.1) is 17.8 Å². The molecule has 3 aliphatic carbocycles. The molecule has 3 atom stereocenters. The van der Waals surface area contributed by atoms with Gasteiger partial charge in [0.05, 0.1) is 16.7 Å². The van der Waals surface area contributed by atoms with Crippen molar-refractivity contribution in [3.05, 3.63) is 71.4 Å². The predicted molar refractivity (Wildman–Crippen MR) is 123 cm³/mol. The quantitative estimate of drug-likeness (QED) is 0.198. The molecular formula is C24H18Cr2O15. The van der Waals surface area contributed by atoms with E-state index in [4.69, 9.17) is 30.6 Å². The standard InChI is InChI=1S/3C8H6O5.2Cr/c3*9-6-3-4(7(10)11)1-2-5(6)8(12)13;;/h3*1-3,5H,(H,10,11)(H,12,13);;. The number of aliphatic carboxylic acids is 6. The second-order valence-corrected chi connectivity index (χ2v) is 7.45.